The SMILES string of the molecule is NC(=O)/C1=C/C(=O)OC2NC(=C3C=Cc4ccccc4N32)OC1=O. The van der Waals surface area contributed by atoms with Gasteiger partial charge in [-0.15, -0.1) is 0 Å². The van der Waals surface area contributed by atoms with E-state index in [1.165, 1.54) is 0 Å². The average Bonchev–Trinajstić information content (AvgIpc) is 2.92. The van der Waals surface area contributed by atoms with Crippen molar-refractivity contribution in [2.24, 2.45) is 5.73 Å². The maximum absolute atomic E-state index is 12.1. The number of allylic oxidation sites excluding steroid dienone is 1. The van der Waals surface area contributed by atoms with E-state index in [1.54, 1.807) is 11.0 Å². The fourth-order valence-electron chi connectivity index (χ4n) is 2.72. The molecule has 0 radical (unpaired) electrons. The van der Waals surface area contributed by atoms with Crippen LogP contribution in [0.15, 0.2) is 53.6 Å². The van der Waals surface area contributed by atoms with Crippen molar-refractivity contribution in [3.05, 3.63) is 59.1 Å². The van der Waals surface area contributed by atoms with Crippen LogP contribution in [0.1, 0.15) is 5.56 Å². The molecule has 1 atom stereocenters. The van der Waals surface area contributed by atoms with Crippen LogP contribution in [-0.4, -0.2) is 24.2 Å². The molecular weight excluding hydrogens is 314 g/mol. The van der Waals surface area contributed by atoms with Crippen LogP contribution in [0.5, 0.6) is 0 Å². The molecule has 3 aliphatic heterocycles. The van der Waals surface area contributed by atoms with Crippen LogP contribution >= 0.6 is 0 Å². The molecule has 2 bridgehead atoms. The van der Waals surface area contributed by atoms with E-state index >= 15 is 0 Å². The molecule has 4 rings (SSSR count). The van der Waals surface area contributed by atoms with Crippen molar-refractivity contribution in [2.75, 3.05) is 4.90 Å². The lowest BCUT2D eigenvalue weighted by Gasteiger charge is -2.30. The Morgan fingerprint density at radius 2 is 2.00 bits per heavy atom. The van der Waals surface area contributed by atoms with Gasteiger partial charge in [0.25, 0.3) is 12.3 Å². The number of hydrogen-bond acceptors (Lipinski definition) is 7. The normalized spacial score (nSPS) is 23.6. The average molecular weight is 325 g/mol. The monoisotopic (exact) mass is 325 g/mol. The topological polar surface area (TPSA) is 111 Å². The zero-order chi connectivity index (χ0) is 16.8. The van der Waals surface area contributed by atoms with Crippen molar-refractivity contribution < 1.29 is 23.9 Å². The molecule has 24 heavy (non-hydrogen) atoms. The molecule has 0 saturated carbocycles. The number of rotatable bonds is 1. The van der Waals surface area contributed by atoms with Gasteiger partial charge in [0.1, 0.15) is 11.3 Å². The van der Waals surface area contributed by atoms with Crippen molar-refractivity contribution in [3.63, 3.8) is 0 Å². The number of nitrogens with one attached hydrogen (secondary N) is 1. The van der Waals surface area contributed by atoms with E-state index in [1.807, 2.05) is 30.3 Å². The molecule has 3 N–H and O–H groups in total. The summed E-state index contributed by atoms with van der Waals surface area (Å²) < 4.78 is 10.5. The number of anilines is 1. The molecule has 0 fully saturated rings. The number of para-hydroxylation sites is 1. The number of carbonyl (C=O) groups excluding carboxylic acids is 3. The molecule has 1 unspecified atom stereocenters. The number of carbonyl (C=O) groups is 3. The highest BCUT2D eigenvalue weighted by Gasteiger charge is 2.40. The van der Waals surface area contributed by atoms with Gasteiger partial charge in [0.05, 0.1) is 5.69 Å². The second-order valence-electron chi connectivity index (χ2n) is 5.22. The Labute approximate surface area is 135 Å². The lowest BCUT2D eigenvalue weighted by Crippen LogP contribution is -2.41. The summed E-state index contributed by atoms with van der Waals surface area (Å²) in [7, 11) is 0. The van der Waals surface area contributed by atoms with Gasteiger partial charge < -0.3 is 20.5 Å². The number of amides is 1. The Hall–Kier alpha value is -3.55. The minimum Gasteiger partial charge on any atom is -0.419 e. The first-order chi connectivity index (χ1) is 11.5. The van der Waals surface area contributed by atoms with Gasteiger partial charge in [-0.2, -0.15) is 0 Å². The second kappa shape index (κ2) is 4.98. The number of hydrogen-bond donors (Lipinski definition) is 2. The zero-order valence-electron chi connectivity index (χ0n) is 12.2. The Bertz CT molecular complexity index is 883. The van der Waals surface area contributed by atoms with Crippen LogP contribution in [0.3, 0.4) is 0 Å². The van der Waals surface area contributed by atoms with Gasteiger partial charge in [0, 0.05) is 6.08 Å². The third kappa shape index (κ3) is 2.04. The number of benzene rings is 1. The molecule has 0 saturated heterocycles. The van der Waals surface area contributed by atoms with Gasteiger partial charge in [0.2, 0.25) is 5.88 Å². The summed E-state index contributed by atoms with van der Waals surface area (Å²) in [6, 6.07) is 7.48. The summed E-state index contributed by atoms with van der Waals surface area (Å²) in [6.07, 6.45) is 3.39. The van der Waals surface area contributed by atoms with Crippen LogP contribution in [0, 0.1) is 0 Å². The Morgan fingerprint density at radius 1 is 1.21 bits per heavy atom. The first-order valence-electron chi connectivity index (χ1n) is 7.06. The van der Waals surface area contributed by atoms with Gasteiger partial charge in [-0.25, -0.2) is 9.59 Å². The number of nitrogens with two attached hydrogens (primary N) is 1. The summed E-state index contributed by atoms with van der Waals surface area (Å²) >= 11 is 0. The van der Waals surface area contributed by atoms with Gasteiger partial charge in [-0.05, 0) is 17.7 Å². The van der Waals surface area contributed by atoms with Crippen molar-refractivity contribution in [1.82, 2.24) is 5.32 Å². The maximum Gasteiger partial charge on any atom is 0.350 e. The van der Waals surface area contributed by atoms with Crippen LogP contribution in [0.4, 0.5) is 5.69 Å². The third-order valence-electron chi connectivity index (χ3n) is 3.77. The third-order valence-corrected chi connectivity index (χ3v) is 3.77. The molecule has 1 aromatic carbocycles. The van der Waals surface area contributed by atoms with E-state index in [4.69, 9.17) is 15.2 Å². The number of nitrogens with zero attached hydrogens (tertiary/aromatic N) is 1. The standard InChI is InChI=1S/C16H11N3O5/c17-13(21)9-7-12(20)23-16-18-14(24-15(9)22)11-6-5-8-3-1-2-4-10(8)19(11)16/h1-7,16,18H,(H2,17,21)/b9-7-. The summed E-state index contributed by atoms with van der Waals surface area (Å²) in [5.41, 5.74) is 6.74. The molecule has 0 aliphatic carbocycles. The smallest absolute Gasteiger partial charge is 0.350 e. The number of ether oxygens (including phenoxy) is 2. The minimum atomic E-state index is -1.07. The minimum absolute atomic E-state index is 0.0811. The predicted octanol–water partition coefficient (Wildman–Crippen LogP) is 0.0874. The van der Waals surface area contributed by atoms with E-state index in [0.717, 1.165) is 17.3 Å². The summed E-state index contributed by atoms with van der Waals surface area (Å²) in [4.78, 5) is 37.1. The fraction of sp³-hybridized carbons (Fsp3) is 0.0625. The molecule has 8 heteroatoms. The molecule has 1 amide bonds. The molecule has 3 heterocycles. The van der Waals surface area contributed by atoms with Crippen molar-refractivity contribution in [2.45, 2.75) is 6.35 Å². The van der Waals surface area contributed by atoms with Crippen LogP contribution < -0.4 is 16.0 Å². The lowest BCUT2D eigenvalue weighted by molar-refractivity contribution is -0.143. The van der Waals surface area contributed by atoms with Crippen LogP contribution in [0.25, 0.3) is 6.08 Å². The largest absolute Gasteiger partial charge is 0.419 e. The highest BCUT2D eigenvalue weighted by atomic mass is 16.6. The molecule has 3 aliphatic rings. The maximum atomic E-state index is 12.1. The van der Waals surface area contributed by atoms with Crippen molar-refractivity contribution in [3.8, 4) is 0 Å². The van der Waals surface area contributed by atoms with Gasteiger partial charge >= 0.3 is 11.9 Å². The first kappa shape index (κ1) is 14.1. The van der Waals surface area contributed by atoms with E-state index in [9.17, 15) is 14.4 Å². The number of fused-ring (bicyclic) bond motifs is 6. The van der Waals surface area contributed by atoms with E-state index in [-0.39, 0.29) is 5.88 Å². The first-order valence-corrected chi connectivity index (χ1v) is 7.06. The molecule has 1 aromatic rings. The Balaban J connectivity index is 1.82. The van der Waals surface area contributed by atoms with Gasteiger partial charge in [0.15, 0.2) is 0 Å². The summed E-state index contributed by atoms with van der Waals surface area (Å²) in [5, 5.41) is 2.82. The van der Waals surface area contributed by atoms with E-state index < -0.39 is 29.8 Å². The van der Waals surface area contributed by atoms with Crippen molar-refractivity contribution >= 4 is 29.6 Å². The fourth-order valence-corrected chi connectivity index (χ4v) is 2.72. The summed E-state index contributed by atoms with van der Waals surface area (Å²) in [5.74, 6) is -2.89. The predicted molar refractivity (Wildman–Crippen MR) is 81.4 cm³/mol. The molecular formula is C16H11N3O5. The van der Waals surface area contributed by atoms with E-state index in [0.29, 0.717) is 5.70 Å². The van der Waals surface area contributed by atoms with Crippen LogP contribution in [-0.2, 0) is 23.9 Å². The van der Waals surface area contributed by atoms with Gasteiger partial charge in [-0.1, -0.05) is 24.3 Å². The van der Waals surface area contributed by atoms with E-state index in [2.05, 4.69) is 5.32 Å². The molecule has 0 aromatic heterocycles. The quantitative estimate of drug-likeness (QED) is 0.556. The Kier molecular flexibility index (Phi) is 2.92. The highest BCUT2D eigenvalue weighted by Crippen LogP contribution is 2.37. The lowest BCUT2D eigenvalue weighted by atomic mass is 10.1. The zero-order valence-corrected chi connectivity index (χ0v) is 12.2. The number of primary amides is 1. The molecule has 8 nitrogen and oxygen atoms in total. The van der Waals surface area contributed by atoms with Gasteiger partial charge in [-0.3, -0.25) is 9.69 Å². The number of esters is 2. The highest BCUT2D eigenvalue weighted by molar-refractivity contribution is 6.19. The summed E-state index contributed by atoms with van der Waals surface area (Å²) in [6.45, 7) is 0. The van der Waals surface area contributed by atoms with Crippen molar-refractivity contribution in [1.29, 1.82) is 0 Å². The second-order valence-corrected chi connectivity index (χ2v) is 5.22. The van der Waals surface area contributed by atoms with Crippen LogP contribution in [0.2, 0.25) is 0 Å². The Morgan fingerprint density at radius 3 is 2.79 bits per heavy atom. The molecule has 120 valence electrons. The molecule has 0 spiro atoms.